The maximum absolute atomic E-state index is 12.2. The molecule has 2 aromatic heterocycles. The molecule has 2 aromatic carbocycles. The largest absolute Gasteiger partial charge is 0.316 e. The van der Waals surface area contributed by atoms with Gasteiger partial charge in [0, 0.05) is 22.5 Å². The topological polar surface area (TPSA) is 95.0 Å². The maximum atomic E-state index is 12.2. The minimum absolute atomic E-state index is 0.152. The van der Waals surface area contributed by atoms with Gasteiger partial charge in [-0.3, -0.25) is 4.79 Å². The minimum atomic E-state index is -3.85. The Labute approximate surface area is 208 Å². The molecule has 2 heterocycles. The summed E-state index contributed by atoms with van der Waals surface area (Å²) in [5.41, 5.74) is 3.44. The van der Waals surface area contributed by atoms with Gasteiger partial charge in [-0.2, -0.15) is 0 Å². The van der Waals surface area contributed by atoms with Gasteiger partial charge in [-0.1, -0.05) is 80.0 Å². The zero-order valence-electron chi connectivity index (χ0n) is 18.7. The number of imidazole rings is 1. The lowest BCUT2D eigenvalue weighted by Crippen LogP contribution is -2.11. The van der Waals surface area contributed by atoms with Crippen molar-refractivity contribution < 1.29 is 13.2 Å². The Balaban J connectivity index is 1.70. The number of nitrogens with zero attached hydrogens (tertiary/aromatic N) is 2. The van der Waals surface area contributed by atoms with E-state index in [1.165, 1.54) is 11.3 Å². The first-order valence-electron chi connectivity index (χ1n) is 10.7. The number of halogens is 1. The van der Waals surface area contributed by atoms with Crippen LogP contribution in [0.2, 0.25) is 5.15 Å². The Morgan fingerprint density at radius 1 is 1.12 bits per heavy atom. The summed E-state index contributed by atoms with van der Waals surface area (Å²) in [4.78, 5) is 17.1. The Morgan fingerprint density at radius 3 is 2.38 bits per heavy atom. The molecule has 6 nitrogen and oxygen atoms in total. The number of hydrogen-bond donors (Lipinski definition) is 1. The van der Waals surface area contributed by atoms with Crippen LogP contribution in [0.4, 0.5) is 0 Å². The molecule has 0 bridgehead atoms. The van der Waals surface area contributed by atoms with Crippen molar-refractivity contribution in [3.05, 3.63) is 82.0 Å². The number of nitrogens with two attached hydrogens (primary N) is 1. The highest BCUT2D eigenvalue weighted by Crippen LogP contribution is 2.36. The first-order valence-corrected chi connectivity index (χ1v) is 13.4. The number of carbonyl (C=O) groups is 1. The van der Waals surface area contributed by atoms with E-state index >= 15 is 0 Å². The second-order valence-corrected chi connectivity index (χ2v) is 11.7. The van der Waals surface area contributed by atoms with E-state index in [2.05, 4.69) is 18.8 Å². The van der Waals surface area contributed by atoms with Gasteiger partial charge >= 0.3 is 0 Å². The quantitative estimate of drug-likeness (QED) is 0.307. The van der Waals surface area contributed by atoms with Crippen LogP contribution in [-0.2, 0) is 23.0 Å². The van der Waals surface area contributed by atoms with Crippen molar-refractivity contribution >= 4 is 39.2 Å². The number of benzene rings is 2. The fraction of sp³-hybridized carbons (Fsp3) is 0.200. The van der Waals surface area contributed by atoms with E-state index in [4.69, 9.17) is 16.7 Å². The SMILES string of the molecule is CC(C)Cc1cc(-c2ccc([14CH2]n3c(-c4ccccc4)nc(Cl)c3C=O)cc2)c(S(N)(=O)=O)s1. The number of hydrogen-bond acceptors (Lipinski definition) is 5. The average molecular weight is 516 g/mol. The number of primary sulfonamides is 1. The summed E-state index contributed by atoms with van der Waals surface area (Å²) in [5, 5.41) is 5.66. The molecule has 2 N–H and O–H groups in total. The molecule has 0 amide bonds. The van der Waals surface area contributed by atoms with Gasteiger partial charge in [-0.05, 0) is 29.5 Å². The lowest BCUT2D eigenvalue weighted by Gasteiger charge is -2.11. The normalized spacial score (nSPS) is 11.8. The number of sulfonamides is 1. The first-order chi connectivity index (χ1) is 16.2. The number of rotatable bonds is 8. The zero-order valence-corrected chi connectivity index (χ0v) is 21.1. The Bertz CT molecular complexity index is 1420. The van der Waals surface area contributed by atoms with Crippen molar-refractivity contribution in [2.75, 3.05) is 0 Å². The van der Waals surface area contributed by atoms with Gasteiger partial charge in [-0.15, -0.1) is 11.3 Å². The van der Waals surface area contributed by atoms with E-state index in [0.29, 0.717) is 35.8 Å². The van der Waals surface area contributed by atoms with E-state index in [1.54, 1.807) is 4.57 Å². The molecule has 9 heteroatoms. The van der Waals surface area contributed by atoms with Gasteiger partial charge in [0.2, 0.25) is 10.0 Å². The molecule has 0 aliphatic carbocycles. The fourth-order valence-corrected chi connectivity index (χ4v) is 6.44. The summed E-state index contributed by atoms with van der Waals surface area (Å²) in [5.74, 6) is 1.000. The van der Waals surface area contributed by atoms with E-state index in [1.807, 2.05) is 60.7 Å². The third-order valence-electron chi connectivity index (χ3n) is 5.33. The standard InChI is InChI=1S/C25H24ClN3O3S2/c1-16(2)12-20-13-21(25(33-20)34(27,31)32)18-10-8-17(9-11-18)14-29-22(15-30)23(26)28-24(29)19-6-4-3-5-7-19/h3-11,13,15-16H,12,14H2,1-2H3,(H2,27,31,32)/i14+2. The van der Waals surface area contributed by atoms with Crippen molar-refractivity contribution in [3.8, 4) is 22.5 Å². The summed E-state index contributed by atoms with van der Waals surface area (Å²) < 4.78 is 26.4. The number of aldehydes is 1. The smallest absolute Gasteiger partial charge is 0.248 e. The Kier molecular flexibility index (Phi) is 7.04. The lowest BCUT2D eigenvalue weighted by molar-refractivity contribution is 0.111. The van der Waals surface area contributed by atoms with Crippen molar-refractivity contribution in [2.24, 2.45) is 11.1 Å². The molecule has 4 aromatic rings. The van der Waals surface area contributed by atoms with Crippen molar-refractivity contribution in [3.63, 3.8) is 0 Å². The molecule has 4 rings (SSSR count). The third-order valence-corrected chi connectivity index (χ3v) is 8.24. The van der Waals surface area contributed by atoms with Crippen LogP contribution in [0.1, 0.15) is 34.8 Å². The summed E-state index contributed by atoms with van der Waals surface area (Å²) in [7, 11) is -3.85. The summed E-state index contributed by atoms with van der Waals surface area (Å²) in [6.45, 7) is 4.55. The van der Waals surface area contributed by atoms with Crippen molar-refractivity contribution in [2.45, 2.75) is 31.0 Å². The van der Waals surface area contributed by atoms with E-state index in [9.17, 15) is 13.2 Å². The van der Waals surface area contributed by atoms with Crippen LogP contribution in [0.5, 0.6) is 0 Å². The highest BCUT2D eigenvalue weighted by molar-refractivity contribution is 7.91. The first kappa shape index (κ1) is 24.3. The molecule has 0 atom stereocenters. The third kappa shape index (κ3) is 5.15. The molecular weight excluding hydrogens is 492 g/mol. The summed E-state index contributed by atoms with van der Waals surface area (Å²) in [6, 6.07) is 19.0. The number of aromatic nitrogens is 2. The van der Waals surface area contributed by atoms with Gasteiger partial charge < -0.3 is 4.57 Å². The molecule has 0 spiro atoms. The predicted molar refractivity (Wildman–Crippen MR) is 137 cm³/mol. The van der Waals surface area contributed by atoms with Crippen LogP contribution < -0.4 is 5.14 Å². The summed E-state index contributed by atoms with van der Waals surface area (Å²) >= 11 is 7.46. The van der Waals surface area contributed by atoms with Crippen LogP contribution in [0.3, 0.4) is 0 Å². The molecule has 0 saturated heterocycles. The molecule has 0 radical (unpaired) electrons. The van der Waals surface area contributed by atoms with Gasteiger partial charge in [0.15, 0.2) is 11.4 Å². The van der Waals surface area contributed by atoms with Crippen molar-refractivity contribution in [1.29, 1.82) is 0 Å². The predicted octanol–water partition coefficient (Wildman–Crippen LogP) is 5.64. The molecule has 0 saturated carbocycles. The van der Waals surface area contributed by atoms with Crippen molar-refractivity contribution in [1.82, 2.24) is 9.55 Å². The molecule has 176 valence electrons. The average Bonchev–Trinajstić information content (AvgIpc) is 3.35. The van der Waals surface area contributed by atoms with E-state index in [0.717, 1.165) is 28.0 Å². The molecule has 0 aliphatic heterocycles. The second kappa shape index (κ2) is 9.84. The van der Waals surface area contributed by atoms with Crippen LogP contribution >= 0.6 is 22.9 Å². The molecule has 0 aliphatic rings. The van der Waals surface area contributed by atoms with Gasteiger partial charge in [0.25, 0.3) is 0 Å². The molecule has 34 heavy (non-hydrogen) atoms. The fourth-order valence-electron chi connectivity index (χ4n) is 3.83. The maximum Gasteiger partial charge on any atom is 0.248 e. The van der Waals surface area contributed by atoms with E-state index in [-0.39, 0.29) is 9.36 Å². The van der Waals surface area contributed by atoms with Crippen LogP contribution in [0.25, 0.3) is 22.5 Å². The number of carbonyl (C=O) groups excluding carboxylic acids is 1. The second-order valence-electron chi connectivity index (χ2n) is 8.44. The van der Waals surface area contributed by atoms with Crippen LogP contribution in [0.15, 0.2) is 64.9 Å². The highest BCUT2D eigenvalue weighted by Gasteiger charge is 2.21. The number of thiophene rings is 1. The zero-order chi connectivity index (χ0) is 24.5. The summed E-state index contributed by atoms with van der Waals surface area (Å²) in [6.07, 6.45) is 1.49. The Hall–Kier alpha value is -2.78. The minimum Gasteiger partial charge on any atom is -0.316 e. The molecular formula is C25H24ClN3O3S2. The lowest BCUT2D eigenvalue weighted by atomic mass is 10.1. The van der Waals surface area contributed by atoms with Crippen LogP contribution in [-0.4, -0.2) is 24.3 Å². The monoisotopic (exact) mass is 515 g/mol. The van der Waals surface area contributed by atoms with Gasteiger partial charge in [0.05, 0.1) is 0 Å². The van der Waals surface area contributed by atoms with Gasteiger partial charge in [0.1, 0.15) is 15.7 Å². The highest BCUT2D eigenvalue weighted by atomic mass is 35.5. The molecule has 0 fully saturated rings. The van der Waals surface area contributed by atoms with Crippen LogP contribution in [0, 0.1) is 5.92 Å². The molecule has 0 unspecified atom stereocenters. The van der Waals surface area contributed by atoms with Gasteiger partial charge in [-0.25, -0.2) is 18.5 Å². The van der Waals surface area contributed by atoms with E-state index < -0.39 is 10.0 Å². The Morgan fingerprint density at radius 2 is 1.79 bits per heavy atom.